The summed E-state index contributed by atoms with van der Waals surface area (Å²) in [5.74, 6) is -1.04. The molecule has 6 nitrogen and oxygen atoms in total. The fourth-order valence-corrected chi connectivity index (χ4v) is 4.04. The zero-order valence-electron chi connectivity index (χ0n) is 17.2. The lowest BCUT2D eigenvalue weighted by atomic mass is 9.97. The smallest absolute Gasteiger partial charge is 0.303 e. The third-order valence-corrected chi connectivity index (χ3v) is 5.77. The van der Waals surface area contributed by atoms with Gasteiger partial charge in [-0.25, -0.2) is 0 Å². The second kappa shape index (κ2) is 9.38. The van der Waals surface area contributed by atoms with Gasteiger partial charge in [0.1, 0.15) is 0 Å². The SMILES string of the molecule is NCc1ccc(NC(=C2C(=O)Nc3cc(Br)ccc32)c2cccc(CCC(=O)O)c2)cc1. The number of fused-ring (bicyclic) bond motifs is 1. The molecule has 7 heteroatoms. The van der Waals surface area contributed by atoms with Crippen molar-refractivity contribution in [1.29, 1.82) is 0 Å². The lowest BCUT2D eigenvalue weighted by Gasteiger charge is -2.16. The van der Waals surface area contributed by atoms with Crippen molar-refractivity contribution in [2.75, 3.05) is 10.6 Å². The summed E-state index contributed by atoms with van der Waals surface area (Å²) in [5, 5.41) is 15.4. The number of anilines is 2. The standard InChI is InChI=1S/C25H22BrN3O3/c26-18-7-10-20-21(13-18)29-25(32)23(20)24(28-19-8-4-16(14-27)5-9-19)17-3-1-2-15(12-17)6-11-22(30)31/h1-5,7-10,12-13,28H,6,11,14,27H2,(H,29,32)(H,30,31). The number of aryl methyl sites for hydroxylation is 1. The van der Waals surface area contributed by atoms with Crippen molar-refractivity contribution >= 4 is 50.5 Å². The van der Waals surface area contributed by atoms with E-state index in [1.165, 1.54) is 0 Å². The highest BCUT2D eigenvalue weighted by atomic mass is 79.9. The molecule has 1 amide bonds. The number of benzene rings is 3. The van der Waals surface area contributed by atoms with Crippen molar-refractivity contribution in [2.45, 2.75) is 19.4 Å². The Morgan fingerprint density at radius 3 is 2.53 bits per heavy atom. The number of carboxylic acids is 1. The predicted octanol–water partition coefficient (Wildman–Crippen LogP) is 4.86. The Kier molecular flexibility index (Phi) is 6.39. The van der Waals surface area contributed by atoms with Gasteiger partial charge in [-0.3, -0.25) is 9.59 Å². The van der Waals surface area contributed by atoms with Crippen LogP contribution in [-0.4, -0.2) is 17.0 Å². The Hall–Kier alpha value is -3.42. The van der Waals surface area contributed by atoms with Crippen LogP contribution in [0, 0.1) is 0 Å². The van der Waals surface area contributed by atoms with Crippen LogP contribution in [0.4, 0.5) is 11.4 Å². The molecule has 0 saturated heterocycles. The van der Waals surface area contributed by atoms with Gasteiger partial charge < -0.3 is 21.5 Å². The summed E-state index contributed by atoms with van der Waals surface area (Å²) in [7, 11) is 0. The molecule has 1 aliphatic heterocycles. The molecule has 1 heterocycles. The number of hydrogen-bond donors (Lipinski definition) is 4. The van der Waals surface area contributed by atoms with Crippen LogP contribution in [0.1, 0.15) is 28.7 Å². The maximum atomic E-state index is 13.0. The second-order valence-electron chi connectivity index (χ2n) is 7.51. The maximum absolute atomic E-state index is 13.0. The quantitative estimate of drug-likeness (QED) is 0.353. The molecule has 0 radical (unpaired) electrons. The van der Waals surface area contributed by atoms with Gasteiger partial charge in [0.15, 0.2) is 0 Å². The van der Waals surface area contributed by atoms with Gasteiger partial charge in [0.25, 0.3) is 5.91 Å². The first-order valence-corrected chi connectivity index (χ1v) is 11.0. The number of carbonyl (C=O) groups is 2. The van der Waals surface area contributed by atoms with Gasteiger partial charge >= 0.3 is 5.97 Å². The van der Waals surface area contributed by atoms with Gasteiger partial charge in [0.05, 0.1) is 17.0 Å². The lowest BCUT2D eigenvalue weighted by Crippen LogP contribution is -2.10. The maximum Gasteiger partial charge on any atom is 0.303 e. The van der Waals surface area contributed by atoms with E-state index in [9.17, 15) is 9.59 Å². The normalized spacial score (nSPS) is 14.0. The summed E-state index contributed by atoms with van der Waals surface area (Å²) in [5.41, 5.74) is 12.0. The number of amides is 1. The molecule has 4 rings (SSSR count). The number of carbonyl (C=O) groups excluding carboxylic acids is 1. The Labute approximate surface area is 194 Å². The first-order chi connectivity index (χ1) is 15.4. The second-order valence-corrected chi connectivity index (χ2v) is 8.43. The van der Waals surface area contributed by atoms with E-state index in [0.29, 0.717) is 24.2 Å². The van der Waals surface area contributed by atoms with Crippen LogP contribution >= 0.6 is 15.9 Å². The van der Waals surface area contributed by atoms with E-state index >= 15 is 0 Å². The van der Waals surface area contributed by atoms with Gasteiger partial charge in [-0.2, -0.15) is 0 Å². The number of halogens is 1. The molecule has 3 aromatic rings. The number of rotatable bonds is 7. The predicted molar refractivity (Wildman–Crippen MR) is 130 cm³/mol. The molecule has 1 aliphatic rings. The van der Waals surface area contributed by atoms with Crippen LogP contribution < -0.4 is 16.4 Å². The van der Waals surface area contributed by atoms with E-state index in [2.05, 4.69) is 26.6 Å². The first kappa shape index (κ1) is 21.8. The third kappa shape index (κ3) is 4.74. The Balaban J connectivity index is 1.83. The summed E-state index contributed by atoms with van der Waals surface area (Å²) < 4.78 is 0.875. The monoisotopic (exact) mass is 491 g/mol. The van der Waals surface area contributed by atoms with Crippen LogP contribution in [-0.2, 0) is 22.6 Å². The van der Waals surface area contributed by atoms with Crippen molar-refractivity contribution in [3.8, 4) is 0 Å². The minimum atomic E-state index is -0.846. The fraction of sp³-hybridized carbons (Fsp3) is 0.120. The van der Waals surface area contributed by atoms with Crippen molar-refractivity contribution in [1.82, 2.24) is 0 Å². The van der Waals surface area contributed by atoms with Gasteiger partial charge in [0.2, 0.25) is 0 Å². The van der Waals surface area contributed by atoms with Crippen molar-refractivity contribution in [3.63, 3.8) is 0 Å². The number of carboxylic acid groups (broad SMARTS) is 1. The molecule has 0 aliphatic carbocycles. The van der Waals surface area contributed by atoms with Gasteiger partial charge in [-0.1, -0.05) is 52.3 Å². The summed E-state index contributed by atoms with van der Waals surface area (Å²) in [6, 6.07) is 21.0. The molecule has 0 saturated carbocycles. The zero-order valence-corrected chi connectivity index (χ0v) is 18.8. The molecule has 32 heavy (non-hydrogen) atoms. The highest BCUT2D eigenvalue weighted by molar-refractivity contribution is 9.10. The van der Waals surface area contributed by atoms with E-state index in [-0.39, 0.29) is 12.3 Å². The highest BCUT2D eigenvalue weighted by Gasteiger charge is 2.28. The molecular weight excluding hydrogens is 470 g/mol. The molecule has 5 N–H and O–H groups in total. The molecule has 162 valence electrons. The topological polar surface area (TPSA) is 104 Å². The molecule has 0 bridgehead atoms. The molecular formula is C25H22BrN3O3. The van der Waals surface area contributed by atoms with Gasteiger partial charge in [-0.05, 0) is 53.4 Å². The van der Waals surface area contributed by atoms with Crippen LogP contribution in [0.3, 0.4) is 0 Å². The number of hydrogen-bond acceptors (Lipinski definition) is 4. The Bertz CT molecular complexity index is 1220. The average Bonchev–Trinajstić information content (AvgIpc) is 3.11. The van der Waals surface area contributed by atoms with Crippen LogP contribution in [0.5, 0.6) is 0 Å². The number of nitrogens with one attached hydrogen (secondary N) is 2. The summed E-state index contributed by atoms with van der Waals surface area (Å²) >= 11 is 3.45. The Morgan fingerprint density at radius 2 is 1.81 bits per heavy atom. The average molecular weight is 492 g/mol. The van der Waals surface area contributed by atoms with E-state index in [0.717, 1.165) is 38.1 Å². The van der Waals surface area contributed by atoms with E-state index in [1.807, 2.05) is 66.7 Å². The molecule has 0 atom stereocenters. The minimum absolute atomic E-state index is 0.0423. The highest BCUT2D eigenvalue weighted by Crippen LogP contribution is 2.39. The third-order valence-electron chi connectivity index (χ3n) is 5.28. The first-order valence-electron chi connectivity index (χ1n) is 10.2. The molecule has 0 aromatic heterocycles. The minimum Gasteiger partial charge on any atom is -0.481 e. The van der Waals surface area contributed by atoms with Crippen molar-refractivity contribution < 1.29 is 14.7 Å². The lowest BCUT2D eigenvalue weighted by molar-refractivity contribution is -0.137. The Morgan fingerprint density at radius 1 is 1.03 bits per heavy atom. The zero-order chi connectivity index (χ0) is 22.7. The molecule has 0 unspecified atom stereocenters. The summed E-state index contributed by atoms with van der Waals surface area (Å²) in [4.78, 5) is 24.0. The number of aliphatic carboxylic acids is 1. The van der Waals surface area contributed by atoms with Gasteiger partial charge in [-0.15, -0.1) is 0 Å². The van der Waals surface area contributed by atoms with E-state index in [4.69, 9.17) is 10.8 Å². The molecule has 3 aromatic carbocycles. The van der Waals surface area contributed by atoms with E-state index in [1.54, 1.807) is 0 Å². The van der Waals surface area contributed by atoms with Crippen molar-refractivity contribution in [3.05, 3.63) is 93.5 Å². The van der Waals surface area contributed by atoms with Crippen molar-refractivity contribution in [2.24, 2.45) is 5.73 Å². The van der Waals surface area contributed by atoms with E-state index < -0.39 is 5.97 Å². The van der Waals surface area contributed by atoms with Gasteiger partial charge in [0, 0.05) is 28.7 Å². The molecule has 0 fully saturated rings. The summed E-state index contributed by atoms with van der Waals surface area (Å²) in [6.07, 6.45) is 0.452. The largest absolute Gasteiger partial charge is 0.481 e. The number of nitrogens with two attached hydrogens (primary N) is 1. The van der Waals surface area contributed by atoms with Crippen LogP contribution in [0.25, 0.3) is 11.3 Å². The molecule has 0 spiro atoms. The fourth-order valence-electron chi connectivity index (χ4n) is 3.67. The van der Waals surface area contributed by atoms with Crippen LogP contribution in [0.2, 0.25) is 0 Å². The summed E-state index contributed by atoms with van der Waals surface area (Å²) in [6.45, 7) is 0.449. The van der Waals surface area contributed by atoms with Crippen LogP contribution in [0.15, 0.2) is 71.2 Å².